The molecule has 0 bridgehead atoms. The molecular formula is C35H66O5. The normalized spacial score (nSPS) is 12.2. The van der Waals surface area contributed by atoms with Crippen molar-refractivity contribution in [3.8, 4) is 0 Å². The Morgan fingerprint density at radius 1 is 0.500 bits per heavy atom. The first-order valence-corrected chi connectivity index (χ1v) is 17.2. The average Bonchev–Trinajstić information content (AvgIpc) is 2.95. The van der Waals surface area contributed by atoms with E-state index in [0.717, 1.165) is 44.9 Å². The molecule has 5 heteroatoms. The standard InChI is InChI=1S/C35H66O5/c1-3-5-7-9-11-13-15-16-17-18-20-22-24-26-28-30-35(38)40-32-33(36)31-39-34(37)29-27-25-23-21-19-14-12-10-8-6-4-2/h16-17,33,36H,3-15,18-32H2,1-2H3/b17-16-/t33-/m0/s1. The smallest absolute Gasteiger partial charge is 0.305 e. The lowest BCUT2D eigenvalue weighted by Gasteiger charge is -2.12. The van der Waals surface area contributed by atoms with Crippen LogP contribution < -0.4 is 0 Å². The predicted molar refractivity (Wildman–Crippen MR) is 168 cm³/mol. The van der Waals surface area contributed by atoms with E-state index in [9.17, 15) is 14.7 Å². The van der Waals surface area contributed by atoms with Crippen molar-refractivity contribution in [1.82, 2.24) is 0 Å². The number of carbonyl (C=O) groups excluding carboxylic acids is 2. The van der Waals surface area contributed by atoms with Crippen LogP contribution in [0.4, 0.5) is 0 Å². The summed E-state index contributed by atoms with van der Waals surface area (Å²) >= 11 is 0. The highest BCUT2D eigenvalue weighted by Crippen LogP contribution is 2.13. The highest BCUT2D eigenvalue weighted by Gasteiger charge is 2.12. The third-order valence-electron chi connectivity index (χ3n) is 7.50. The van der Waals surface area contributed by atoms with E-state index in [1.807, 2.05) is 0 Å². The van der Waals surface area contributed by atoms with Gasteiger partial charge in [-0.05, 0) is 38.5 Å². The summed E-state index contributed by atoms with van der Waals surface area (Å²) in [5.41, 5.74) is 0. The van der Waals surface area contributed by atoms with E-state index in [1.54, 1.807) is 0 Å². The molecule has 0 heterocycles. The van der Waals surface area contributed by atoms with E-state index in [1.165, 1.54) is 109 Å². The summed E-state index contributed by atoms with van der Waals surface area (Å²) in [4.78, 5) is 23.8. The number of rotatable bonds is 31. The van der Waals surface area contributed by atoms with Gasteiger partial charge < -0.3 is 14.6 Å². The number of ether oxygens (including phenoxy) is 2. The molecule has 236 valence electrons. The van der Waals surface area contributed by atoms with Crippen LogP contribution in [0.3, 0.4) is 0 Å². The fourth-order valence-electron chi connectivity index (χ4n) is 4.84. The van der Waals surface area contributed by atoms with Gasteiger partial charge in [0.15, 0.2) is 0 Å². The number of hydrogen-bond acceptors (Lipinski definition) is 5. The molecule has 0 rings (SSSR count). The van der Waals surface area contributed by atoms with Gasteiger partial charge in [-0.25, -0.2) is 0 Å². The highest BCUT2D eigenvalue weighted by molar-refractivity contribution is 5.69. The van der Waals surface area contributed by atoms with Gasteiger partial charge in [0.25, 0.3) is 0 Å². The Hall–Kier alpha value is -1.36. The van der Waals surface area contributed by atoms with Crippen molar-refractivity contribution < 1.29 is 24.2 Å². The quantitative estimate of drug-likeness (QED) is 0.0513. The van der Waals surface area contributed by atoms with Gasteiger partial charge in [-0.15, -0.1) is 0 Å². The molecule has 0 saturated carbocycles. The number of allylic oxidation sites excluding steroid dienone is 2. The molecule has 0 aromatic carbocycles. The van der Waals surface area contributed by atoms with Gasteiger partial charge in [0.1, 0.15) is 19.3 Å². The van der Waals surface area contributed by atoms with Crippen LogP contribution in [0.15, 0.2) is 12.2 Å². The van der Waals surface area contributed by atoms with E-state index in [2.05, 4.69) is 26.0 Å². The number of aliphatic hydroxyl groups is 1. The Labute approximate surface area is 248 Å². The molecule has 0 amide bonds. The minimum atomic E-state index is -0.959. The van der Waals surface area contributed by atoms with Gasteiger partial charge >= 0.3 is 11.9 Å². The fourth-order valence-corrected chi connectivity index (χ4v) is 4.84. The van der Waals surface area contributed by atoms with Crippen molar-refractivity contribution in [3.05, 3.63) is 12.2 Å². The van der Waals surface area contributed by atoms with Gasteiger partial charge in [-0.3, -0.25) is 9.59 Å². The summed E-state index contributed by atoms with van der Waals surface area (Å²) < 4.78 is 10.3. The van der Waals surface area contributed by atoms with Crippen LogP contribution >= 0.6 is 0 Å². The second kappa shape index (κ2) is 32.2. The Morgan fingerprint density at radius 2 is 0.800 bits per heavy atom. The second-order valence-corrected chi connectivity index (χ2v) is 11.6. The van der Waals surface area contributed by atoms with Crippen LogP contribution in [-0.2, 0) is 19.1 Å². The monoisotopic (exact) mass is 566 g/mol. The summed E-state index contributed by atoms with van der Waals surface area (Å²) in [5.74, 6) is -0.571. The van der Waals surface area contributed by atoms with Crippen molar-refractivity contribution >= 4 is 11.9 Å². The third kappa shape index (κ3) is 31.2. The summed E-state index contributed by atoms with van der Waals surface area (Å²) in [7, 11) is 0. The van der Waals surface area contributed by atoms with Crippen LogP contribution in [0.25, 0.3) is 0 Å². The molecule has 0 spiro atoms. The molecule has 5 nitrogen and oxygen atoms in total. The molecule has 0 aliphatic rings. The molecule has 0 fully saturated rings. The molecule has 0 radical (unpaired) electrons. The van der Waals surface area contributed by atoms with Crippen LogP contribution in [0, 0.1) is 0 Å². The molecular weight excluding hydrogens is 500 g/mol. The van der Waals surface area contributed by atoms with Gasteiger partial charge in [-0.2, -0.15) is 0 Å². The number of carbonyl (C=O) groups is 2. The van der Waals surface area contributed by atoms with Gasteiger partial charge in [-0.1, -0.05) is 142 Å². The molecule has 0 unspecified atom stereocenters. The van der Waals surface area contributed by atoms with Crippen LogP contribution in [-0.4, -0.2) is 36.4 Å². The Bertz CT molecular complexity index is 574. The second-order valence-electron chi connectivity index (χ2n) is 11.6. The van der Waals surface area contributed by atoms with Crippen molar-refractivity contribution in [2.24, 2.45) is 0 Å². The fraction of sp³-hybridized carbons (Fsp3) is 0.886. The summed E-state index contributed by atoms with van der Waals surface area (Å²) in [6, 6.07) is 0. The Morgan fingerprint density at radius 3 is 1.15 bits per heavy atom. The van der Waals surface area contributed by atoms with Crippen LogP contribution in [0.1, 0.15) is 181 Å². The predicted octanol–water partition coefficient (Wildman–Crippen LogP) is 10.2. The van der Waals surface area contributed by atoms with E-state index in [-0.39, 0.29) is 25.2 Å². The van der Waals surface area contributed by atoms with Gasteiger partial charge in [0.2, 0.25) is 0 Å². The lowest BCUT2D eigenvalue weighted by atomic mass is 10.1. The maximum Gasteiger partial charge on any atom is 0.305 e. The first kappa shape index (κ1) is 38.6. The van der Waals surface area contributed by atoms with Crippen LogP contribution in [0.5, 0.6) is 0 Å². The zero-order valence-electron chi connectivity index (χ0n) is 26.6. The highest BCUT2D eigenvalue weighted by atomic mass is 16.6. The lowest BCUT2D eigenvalue weighted by molar-refractivity contribution is -0.152. The van der Waals surface area contributed by atoms with Crippen molar-refractivity contribution in [3.63, 3.8) is 0 Å². The molecule has 0 saturated heterocycles. The maximum atomic E-state index is 11.9. The molecule has 0 aliphatic carbocycles. The molecule has 1 N–H and O–H groups in total. The lowest BCUT2D eigenvalue weighted by Crippen LogP contribution is -2.25. The molecule has 0 aliphatic heterocycles. The minimum absolute atomic E-state index is 0.114. The van der Waals surface area contributed by atoms with Crippen molar-refractivity contribution in [1.29, 1.82) is 0 Å². The van der Waals surface area contributed by atoms with E-state index in [4.69, 9.17) is 9.47 Å². The first-order valence-electron chi connectivity index (χ1n) is 17.2. The zero-order valence-corrected chi connectivity index (χ0v) is 26.6. The van der Waals surface area contributed by atoms with E-state index < -0.39 is 6.10 Å². The van der Waals surface area contributed by atoms with E-state index in [0.29, 0.717) is 12.8 Å². The SMILES string of the molecule is CCCCCCCC/C=C\CCCCCCCC(=O)OC[C@@H](O)COC(=O)CCCCCCCCCCCCC. The van der Waals surface area contributed by atoms with E-state index >= 15 is 0 Å². The topological polar surface area (TPSA) is 72.8 Å². The van der Waals surface area contributed by atoms with Gasteiger partial charge in [0.05, 0.1) is 0 Å². The third-order valence-corrected chi connectivity index (χ3v) is 7.50. The molecule has 40 heavy (non-hydrogen) atoms. The zero-order chi connectivity index (χ0) is 29.4. The average molecular weight is 567 g/mol. The van der Waals surface area contributed by atoms with Crippen molar-refractivity contribution in [2.45, 2.75) is 187 Å². The number of unbranched alkanes of at least 4 members (excludes halogenated alkanes) is 21. The number of hydrogen-bond donors (Lipinski definition) is 1. The molecule has 0 aromatic rings. The van der Waals surface area contributed by atoms with Crippen LogP contribution in [0.2, 0.25) is 0 Å². The Kier molecular flexibility index (Phi) is 31.1. The number of aliphatic hydroxyl groups excluding tert-OH is 1. The Balaban J connectivity index is 3.43. The molecule has 1 atom stereocenters. The van der Waals surface area contributed by atoms with Crippen molar-refractivity contribution in [2.75, 3.05) is 13.2 Å². The molecule has 0 aromatic heterocycles. The maximum absolute atomic E-state index is 11.9. The first-order chi connectivity index (χ1) is 19.6. The minimum Gasteiger partial charge on any atom is -0.463 e. The summed E-state index contributed by atoms with van der Waals surface area (Å²) in [6.07, 6.45) is 34.0. The largest absolute Gasteiger partial charge is 0.463 e. The number of esters is 2. The van der Waals surface area contributed by atoms with Gasteiger partial charge in [0, 0.05) is 12.8 Å². The summed E-state index contributed by atoms with van der Waals surface area (Å²) in [6.45, 7) is 4.28. The summed E-state index contributed by atoms with van der Waals surface area (Å²) in [5, 5.41) is 9.95.